The Bertz CT molecular complexity index is 561. The lowest BCUT2D eigenvalue weighted by Gasteiger charge is -2.05. The molecule has 1 fully saturated rings. The Hall–Kier alpha value is -1.61. The molecule has 2 aromatic heterocycles. The highest BCUT2D eigenvalue weighted by Crippen LogP contribution is 2.47. The molecule has 0 bridgehead atoms. The third kappa shape index (κ3) is 2.87. The van der Waals surface area contributed by atoms with Crippen LogP contribution in [-0.2, 0) is 13.1 Å². The Morgan fingerprint density at radius 3 is 2.89 bits per heavy atom. The Balaban J connectivity index is 1.52. The first-order chi connectivity index (χ1) is 9.24. The van der Waals surface area contributed by atoms with Gasteiger partial charge in [-0.2, -0.15) is 0 Å². The second kappa shape index (κ2) is 5.17. The van der Waals surface area contributed by atoms with Crippen LogP contribution < -0.4 is 5.32 Å². The van der Waals surface area contributed by atoms with E-state index in [0.717, 1.165) is 30.5 Å². The lowest BCUT2D eigenvalue weighted by molar-refractivity contribution is 0.444. The molecule has 0 aromatic carbocycles. The molecule has 0 aliphatic heterocycles. The molecular formula is C16H20N2O. The summed E-state index contributed by atoms with van der Waals surface area (Å²) in [4.78, 5) is 4.10. The summed E-state index contributed by atoms with van der Waals surface area (Å²) in [6.07, 6.45) is 5.01. The van der Waals surface area contributed by atoms with E-state index in [9.17, 15) is 0 Å². The SMILES string of the molecule is Cc1cnccc1CNCc1ccc(C2CC2C)o1. The number of aryl methyl sites for hydroxylation is 1. The van der Waals surface area contributed by atoms with Gasteiger partial charge in [0, 0.05) is 24.9 Å². The average Bonchev–Trinajstić information content (AvgIpc) is 2.96. The van der Waals surface area contributed by atoms with Crippen molar-refractivity contribution < 1.29 is 4.42 Å². The molecule has 0 amide bonds. The van der Waals surface area contributed by atoms with Crippen LogP contribution in [0.4, 0.5) is 0 Å². The van der Waals surface area contributed by atoms with Gasteiger partial charge in [0.1, 0.15) is 11.5 Å². The molecule has 3 heteroatoms. The Morgan fingerprint density at radius 1 is 1.32 bits per heavy atom. The quantitative estimate of drug-likeness (QED) is 0.891. The fraction of sp³-hybridized carbons (Fsp3) is 0.438. The van der Waals surface area contributed by atoms with E-state index in [0.29, 0.717) is 5.92 Å². The number of nitrogens with one attached hydrogen (secondary N) is 1. The van der Waals surface area contributed by atoms with E-state index < -0.39 is 0 Å². The van der Waals surface area contributed by atoms with Gasteiger partial charge in [-0.05, 0) is 48.6 Å². The van der Waals surface area contributed by atoms with Gasteiger partial charge in [-0.15, -0.1) is 0 Å². The van der Waals surface area contributed by atoms with Gasteiger partial charge >= 0.3 is 0 Å². The van der Waals surface area contributed by atoms with Crippen LogP contribution in [0.25, 0.3) is 0 Å². The Morgan fingerprint density at radius 2 is 2.16 bits per heavy atom. The molecule has 1 saturated carbocycles. The molecule has 3 nitrogen and oxygen atoms in total. The summed E-state index contributed by atoms with van der Waals surface area (Å²) in [5.74, 6) is 3.65. The third-order valence-electron chi connectivity index (χ3n) is 3.91. The summed E-state index contributed by atoms with van der Waals surface area (Å²) in [6.45, 7) is 5.99. The molecule has 3 rings (SSSR count). The monoisotopic (exact) mass is 256 g/mol. The molecular weight excluding hydrogens is 236 g/mol. The van der Waals surface area contributed by atoms with Gasteiger partial charge in [-0.3, -0.25) is 4.98 Å². The van der Waals surface area contributed by atoms with Gasteiger partial charge in [-0.25, -0.2) is 0 Å². The van der Waals surface area contributed by atoms with Crippen molar-refractivity contribution in [1.29, 1.82) is 0 Å². The molecule has 1 aliphatic carbocycles. The summed E-state index contributed by atoms with van der Waals surface area (Å²) in [5.41, 5.74) is 2.51. The normalized spacial score (nSPS) is 21.6. The number of hydrogen-bond donors (Lipinski definition) is 1. The summed E-state index contributed by atoms with van der Waals surface area (Å²) in [7, 11) is 0. The van der Waals surface area contributed by atoms with Crippen LogP contribution in [-0.4, -0.2) is 4.98 Å². The summed E-state index contributed by atoms with van der Waals surface area (Å²) in [6, 6.07) is 6.28. The fourth-order valence-electron chi connectivity index (χ4n) is 2.43. The molecule has 19 heavy (non-hydrogen) atoms. The second-order valence-corrected chi connectivity index (χ2v) is 5.53. The van der Waals surface area contributed by atoms with Crippen molar-refractivity contribution in [3.63, 3.8) is 0 Å². The molecule has 0 radical (unpaired) electrons. The number of nitrogens with zero attached hydrogens (tertiary/aromatic N) is 1. The lowest BCUT2D eigenvalue weighted by Crippen LogP contribution is -2.13. The van der Waals surface area contributed by atoms with Crippen molar-refractivity contribution >= 4 is 0 Å². The molecule has 1 N–H and O–H groups in total. The summed E-state index contributed by atoms with van der Waals surface area (Å²) < 4.78 is 5.87. The first-order valence-electron chi connectivity index (χ1n) is 6.93. The minimum absolute atomic E-state index is 0.663. The van der Waals surface area contributed by atoms with Crippen LogP contribution in [0.2, 0.25) is 0 Å². The predicted octanol–water partition coefficient (Wildman–Crippen LogP) is 3.40. The van der Waals surface area contributed by atoms with Gasteiger partial charge in [0.25, 0.3) is 0 Å². The topological polar surface area (TPSA) is 38.1 Å². The van der Waals surface area contributed by atoms with Gasteiger partial charge in [0.05, 0.1) is 6.54 Å². The summed E-state index contributed by atoms with van der Waals surface area (Å²) >= 11 is 0. The zero-order chi connectivity index (χ0) is 13.2. The smallest absolute Gasteiger partial charge is 0.117 e. The van der Waals surface area contributed by atoms with E-state index in [1.165, 1.54) is 17.5 Å². The predicted molar refractivity (Wildman–Crippen MR) is 74.7 cm³/mol. The minimum atomic E-state index is 0.663. The second-order valence-electron chi connectivity index (χ2n) is 5.53. The van der Waals surface area contributed by atoms with Gasteiger partial charge in [0.15, 0.2) is 0 Å². The molecule has 1 aliphatic rings. The standard InChI is InChI=1S/C16H20N2O/c1-11-7-15(11)16-4-3-14(19-16)10-18-9-13-5-6-17-8-12(13)2/h3-6,8,11,15,18H,7,9-10H2,1-2H3. The molecule has 0 saturated heterocycles. The fourth-order valence-corrected chi connectivity index (χ4v) is 2.43. The van der Waals surface area contributed by atoms with Crippen LogP contribution in [0.5, 0.6) is 0 Å². The summed E-state index contributed by atoms with van der Waals surface area (Å²) in [5, 5.41) is 3.42. The molecule has 2 unspecified atom stereocenters. The van der Waals surface area contributed by atoms with E-state index in [2.05, 4.69) is 42.3 Å². The van der Waals surface area contributed by atoms with Crippen molar-refractivity contribution in [1.82, 2.24) is 10.3 Å². The van der Waals surface area contributed by atoms with Crippen LogP contribution in [0.15, 0.2) is 35.0 Å². The van der Waals surface area contributed by atoms with Crippen molar-refractivity contribution in [2.45, 2.75) is 39.3 Å². The number of furan rings is 1. The van der Waals surface area contributed by atoms with Crippen LogP contribution in [0.3, 0.4) is 0 Å². The van der Waals surface area contributed by atoms with E-state index >= 15 is 0 Å². The highest BCUT2D eigenvalue weighted by Gasteiger charge is 2.36. The van der Waals surface area contributed by atoms with Crippen LogP contribution >= 0.6 is 0 Å². The van der Waals surface area contributed by atoms with Crippen molar-refractivity contribution in [2.75, 3.05) is 0 Å². The number of rotatable bonds is 5. The zero-order valence-electron chi connectivity index (χ0n) is 11.5. The maximum Gasteiger partial charge on any atom is 0.117 e. The van der Waals surface area contributed by atoms with Crippen molar-refractivity contribution in [2.24, 2.45) is 5.92 Å². The lowest BCUT2D eigenvalue weighted by atomic mass is 10.1. The molecule has 2 aromatic rings. The van der Waals surface area contributed by atoms with Crippen LogP contribution in [0.1, 0.15) is 41.9 Å². The largest absolute Gasteiger partial charge is 0.464 e. The van der Waals surface area contributed by atoms with E-state index in [-0.39, 0.29) is 0 Å². The highest BCUT2D eigenvalue weighted by molar-refractivity contribution is 5.21. The van der Waals surface area contributed by atoms with E-state index in [1.807, 2.05) is 12.4 Å². The first-order valence-corrected chi connectivity index (χ1v) is 6.93. The Kier molecular flexibility index (Phi) is 3.38. The van der Waals surface area contributed by atoms with Crippen LogP contribution in [0, 0.1) is 12.8 Å². The maximum atomic E-state index is 5.87. The first kappa shape index (κ1) is 12.4. The van der Waals surface area contributed by atoms with Crippen molar-refractivity contribution in [3.05, 3.63) is 53.2 Å². The van der Waals surface area contributed by atoms with Crippen molar-refractivity contribution in [3.8, 4) is 0 Å². The van der Waals surface area contributed by atoms with Gasteiger partial charge in [0.2, 0.25) is 0 Å². The molecule has 2 heterocycles. The Labute approximate surface area is 114 Å². The maximum absolute atomic E-state index is 5.87. The average molecular weight is 256 g/mol. The minimum Gasteiger partial charge on any atom is -0.464 e. The molecule has 2 atom stereocenters. The molecule has 100 valence electrons. The third-order valence-corrected chi connectivity index (χ3v) is 3.91. The number of pyridine rings is 1. The van der Waals surface area contributed by atoms with E-state index in [4.69, 9.17) is 4.42 Å². The van der Waals surface area contributed by atoms with Gasteiger partial charge < -0.3 is 9.73 Å². The zero-order valence-corrected chi connectivity index (χ0v) is 11.5. The highest BCUT2D eigenvalue weighted by atomic mass is 16.3. The molecule has 0 spiro atoms. The number of hydrogen-bond acceptors (Lipinski definition) is 3. The van der Waals surface area contributed by atoms with E-state index in [1.54, 1.807) is 0 Å². The van der Waals surface area contributed by atoms with Gasteiger partial charge in [-0.1, -0.05) is 6.92 Å². The number of aromatic nitrogens is 1.